The number of hydrogen-bond donors (Lipinski definition) is 2. The number of nitrogens with one attached hydrogen (secondary N) is 2. The Morgan fingerprint density at radius 2 is 2.35 bits per heavy atom. The summed E-state index contributed by atoms with van der Waals surface area (Å²) in [7, 11) is 0. The lowest BCUT2D eigenvalue weighted by molar-refractivity contribution is -0.116. The molecule has 0 spiro atoms. The third-order valence-corrected chi connectivity index (χ3v) is 4.39. The number of rotatable bonds is 5. The summed E-state index contributed by atoms with van der Waals surface area (Å²) >= 11 is 5.22. The smallest absolute Gasteiger partial charge is 0.224 e. The number of benzene rings is 1. The van der Waals surface area contributed by atoms with Gasteiger partial charge in [0.25, 0.3) is 0 Å². The molecule has 1 aliphatic heterocycles. The minimum Gasteiger partial charge on any atom is -0.375 e. The first-order valence-electron chi connectivity index (χ1n) is 7.93. The zero-order valence-electron chi connectivity index (χ0n) is 13.1. The van der Waals surface area contributed by atoms with Crippen molar-refractivity contribution in [3.05, 3.63) is 41.4 Å². The summed E-state index contributed by atoms with van der Waals surface area (Å²) < 4.78 is 8.23. The molecule has 0 bridgehead atoms. The van der Waals surface area contributed by atoms with Crippen LogP contribution in [0.15, 0.2) is 36.7 Å². The van der Waals surface area contributed by atoms with Gasteiger partial charge in [-0.1, -0.05) is 6.07 Å². The monoisotopic (exact) mass is 331 g/mol. The average Bonchev–Trinajstić information content (AvgIpc) is 3.14. The first-order chi connectivity index (χ1) is 11.1. The fourth-order valence-corrected chi connectivity index (χ4v) is 3.10. The summed E-state index contributed by atoms with van der Waals surface area (Å²) in [5, 5.41) is 2.95. The number of aromatic amines is 1. The van der Waals surface area contributed by atoms with Crippen molar-refractivity contribution in [2.75, 3.05) is 5.32 Å². The third-order valence-electron chi connectivity index (χ3n) is 4.07. The van der Waals surface area contributed by atoms with Gasteiger partial charge in [-0.2, -0.15) is 0 Å². The molecular formula is C17H21N3O2S. The van der Waals surface area contributed by atoms with Gasteiger partial charge >= 0.3 is 0 Å². The van der Waals surface area contributed by atoms with Crippen LogP contribution in [-0.4, -0.2) is 27.7 Å². The van der Waals surface area contributed by atoms with Gasteiger partial charge in [0, 0.05) is 30.2 Å². The summed E-state index contributed by atoms with van der Waals surface area (Å²) in [5.41, 5.74) is 1.69. The van der Waals surface area contributed by atoms with Gasteiger partial charge in [-0.3, -0.25) is 9.36 Å². The van der Waals surface area contributed by atoms with Crippen LogP contribution in [0.4, 0.5) is 5.69 Å². The maximum absolute atomic E-state index is 12.1. The summed E-state index contributed by atoms with van der Waals surface area (Å²) in [4.78, 5) is 15.1. The number of imidazole rings is 1. The van der Waals surface area contributed by atoms with E-state index in [2.05, 4.69) is 17.2 Å². The van der Waals surface area contributed by atoms with E-state index in [1.165, 1.54) is 0 Å². The van der Waals surface area contributed by atoms with E-state index in [9.17, 15) is 4.79 Å². The van der Waals surface area contributed by atoms with E-state index < -0.39 is 0 Å². The van der Waals surface area contributed by atoms with E-state index in [0.29, 0.717) is 17.3 Å². The summed E-state index contributed by atoms with van der Waals surface area (Å²) in [5.74, 6) is 0.0166. The molecule has 1 aliphatic rings. The van der Waals surface area contributed by atoms with Crippen molar-refractivity contribution in [2.45, 2.75) is 44.8 Å². The largest absolute Gasteiger partial charge is 0.375 e. The molecule has 122 valence electrons. The summed E-state index contributed by atoms with van der Waals surface area (Å²) in [6.45, 7) is 2.08. The second kappa shape index (κ2) is 7.10. The highest BCUT2D eigenvalue weighted by Gasteiger charge is 2.22. The van der Waals surface area contributed by atoms with Crippen molar-refractivity contribution in [3.63, 3.8) is 0 Å². The van der Waals surface area contributed by atoms with Crippen LogP contribution in [0.3, 0.4) is 0 Å². The van der Waals surface area contributed by atoms with E-state index in [1.54, 1.807) is 6.20 Å². The molecule has 6 heteroatoms. The molecule has 1 fully saturated rings. The standard InChI is InChI=1S/C17H21N3O2S/c1-12-5-6-15(22-12)7-8-16(21)19-13-3-2-4-14(11-13)20-10-9-18-17(20)23/h2-4,9-12,15H,5-8H2,1H3,(H,18,23)(H,19,21)/t12-,15+/m1/s1. The lowest BCUT2D eigenvalue weighted by Gasteiger charge is -2.11. The van der Waals surface area contributed by atoms with Crippen LogP contribution in [0.25, 0.3) is 5.69 Å². The number of ether oxygens (including phenoxy) is 1. The second-order valence-corrected chi connectivity index (χ2v) is 6.31. The molecule has 0 saturated carbocycles. The highest BCUT2D eigenvalue weighted by molar-refractivity contribution is 7.71. The molecule has 0 unspecified atom stereocenters. The van der Waals surface area contributed by atoms with Crippen LogP contribution in [0.5, 0.6) is 0 Å². The highest BCUT2D eigenvalue weighted by Crippen LogP contribution is 2.23. The van der Waals surface area contributed by atoms with Crippen molar-refractivity contribution in [1.29, 1.82) is 0 Å². The minimum absolute atomic E-state index is 0.0166. The average molecular weight is 331 g/mol. The number of H-pyrrole nitrogens is 1. The summed E-state index contributed by atoms with van der Waals surface area (Å²) in [6.07, 6.45) is 7.59. The number of amides is 1. The molecule has 2 heterocycles. The molecule has 0 aliphatic carbocycles. The normalized spacial score (nSPS) is 20.6. The van der Waals surface area contributed by atoms with Crippen LogP contribution in [-0.2, 0) is 9.53 Å². The van der Waals surface area contributed by atoms with Gasteiger partial charge in [0.2, 0.25) is 5.91 Å². The predicted octanol–water partition coefficient (Wildman–Crippen LogP) is 3.82. The van der Waals surface area contributed by atoms with Gasteiger partial charge in [-0.05, 0) is 56.6 Å². The Morgan fingerprint density at radius 3 is 3.04 bits per heavy atom. The molecule has 1 amide bonds. The van der Waals surface area contributed by atoms with Gasteiger partial charge in [0.05, 0.1) is 12.2 Å². The van der Waals surface area contributed by atoms with Gasteiger partial charge in [0.1, 0.15) is 0 Å². The Balaban J connectivity index is 1.58. The van der Waals surface area contributed by atoms with Gasteiger partial charge < -0.3 is 15.0 Å². The third kappa shape index (κ3) is 4.09. The number of aromatic nitrogens is 2. The highest BCUT2D eigenvalue weighted by atomic mass is 32.1. The van der Waals surface area contributed by atoms with E-state index in [0.717, 1.165) is 30.6 Å². The van der Waals surface area contributed by atoms with Gasteiger partial charge in [-0.25, -0.2) is 0 Å². The molecule has 1 aromatic carbocycles. The first kappa shape index (κ1) is 16.0. The molecule has 5 nitrogen and oxygen atoms in total. The molecule has 0 radical (unpaired) electrons. The molecule has 2 N–H and O–H groups in total. The quantitative estimate of drug-likeness (QED) is 0.819. The number of carbonyl (C=O) groups excluding carboxylic acids is 1. The van der Waals surface area contributed by atoms with Gasteiger partial charge in [-0.15, -0.1) is 0 Å². The van der Waals surface area contributed by atoms with E-state index >= 15 is 0 Å². The molecule has 2 atom stereocenters. The SMILES string of the molecule is C[C@@H]1CC[C@@H](CCC(=O)Nc2cccc(-n3cc[nH]c3=S)c2)O1. The van der Waals surface area contributed by atoms with Crippen molar-refractivity contribution in [2.24, 2.45) is 0 Å². The number of nitrogens with zero attached hydrogens (tertiary/aromatic N) is 1. The van der Waals surface area contributed by atoms with Crippen LogP contribution in [0, 0.1) is 4.77 Å². The number of hydrogen-bond acceptors (Lipinski definition) is 3. The fraction of sp³-hybridized carbons (Fsp3) is 0.412. The van der Waals surface area contributed by atoms with E-state index in [-0.39, 0.29) is 12.0 Å². The second-order valence-electron chi connectivity index (χ2n) is 5.92. The Bertz CT molecular complexity index is 737. The van der Waals surface area contributed by atoms with Gasteiger partial charge in [0.15, 0.2) is 4.77 Å². The first-order valence-corrected chi connectivity index (χ1v) is 8.34. The predicted molar refractivity (Wildman–Crippen MR) is 92.4 cm³/mol. The van der Waals surface area contributed by atoms with Crippen molar-refractivity contribution in [1.82, 2.24) is 9.55 Å². The Hall–Kier alpha value is -1.92. The molecule has 1 aromatic heterocycles. The van der Waals surface area contributed by atoms with Crippen molar-refractivity contribution >= 4 is 23.8 Å². The minimum atomic E-state index is 0.0166. The van der Waals surface area contributed by atoms with Crippen LogP contribution >= 0.6 is 12.2 Å². The molecule has 2 aromatic rings. The molecule has 1 saturated heterocycles. The number of anilines is 1. The Kier molecular flexibility index (Phi) is 4.93. The van der Waals surface area contributed by atoms with E-state index in [4.69, 9.17) is 17.0 Å². The Morgan fingerprint density at radius 1 is 1.48 bits per heavy atom. The Labute approximate surface area is 140 Å². The maximum atomic E-state index is 12.1. The molecular weight excluding hydrogens is 310 g/mol. The van der Waals surface area contributed by atoms with Crippen LogP contribution < -0.4 is 5.32 Å². The maximum Gasteiger partial charge on any atom is 0.224 e. The van der Waals surface area contributed by atoms with Crippen LogP contribution in [0.1, 0.15) is 32.6 Å². The fourth-order valence-electron chi connectivity index (χ4n) is 2.87. The molecule has 3 rings (SSSR count). The lowest BCUT2D eigenvalue weighted by atomic mass is 10.1. The lowest BCUT2D eigenvalue weighted by Crippen LogP contribution is -2.16. The topological polar surface area (TPSA) is 59.0 Å². The zero-order chi connectivity index (χ0) is 16.2. The number of carbonyl (C=O) groups is 1. The summed E-state index contributed by atoms with van der Waals surface area (Å²) in [6, 6.07) is 7.65. The zero-order valence-corrected chi connectivity index (χ0v) is 13.9. The van der Waals surface area contributed by atoms with E-state index in [1.807, 2.05) is 35.0 Å². The van der Waals surface area contributed by atoms with Crippen molar-refractivity contribution < 1.29 is 9.53 Å². The van der Waals surface area contributed by atoms with Crippen molar-refractivity contribution in [3.8, 4) is 5.69 Å². The van der Waals surface area contributed by atoms with Crippen LogP contribution in [0.2, 0.25) is 0 Å². The molecule has 23 heavy (non-hydrogen) atoms.